The quantitative estimate of drug-likeness (QED) is 0.0224. The van der Waals surface area contributed by atoms with Crippen molar-refractivity contribution in [1.29, 1.82) is 0 Å². The number of benzene rings is 4. The first-order valence-corrected chi connectivity index (χ1v) is 39.3. The summed E-state index contributed by atoms with van der Waals surface area (Å²) in [6.07, 6.45) is 33.6. The summed E-state index contributed by atoms with van der Waals surface area (Å²) in [4.78, 5) is 0. The number of unbranched alkanes of at least 4 members (excludes halogenated alkanes) is 12. The number of fused-ring (bicyclic) bond motifs is 4. The standard InChI is InChI=1S/2C21H32P.2C17H24P.2ClH.2Zr/c2*1-3-5-7-11-15-22(16-12-8-6-4-2)21-17-19-13-9-10-14-20(19)18-21;2*1-13(2)11-18(12-14(3)4)17-9-15-7-5-6-8-16(15)10-17;;;;/h2*9-10,13-14,17-18H,3-8,11-12,15-16H2,1-2H3;2*5-10,13-14H,11-12H2,1-4H3;2*1H;;/q4*-1;;;2*+2/p-2. The van der Waals surface area contributed by atoms with Crippen LogP contribution >= 0.6 is 31.7 Å². The van der Waals surface area contributed by atoms with Crippen LogP contribution in [0.1, 0.15) is 186 Å². The van der Waals surface area contributed by atoms with E-state index >= 15 is 0 Å². The SMILES string of the molecule is CC(C)CP(CC(C)C)c1cc2ccccc2[cH-]1.CC(C)CP(CC(C)C)c1cc2ccccc2[cH-]1.CCCCCCP(CCCCCC)c1cc2ccccc2[cH-]1.CCCCCCP(CCCCCC)c1cc2ccccc2[cH-]1.[Cl-].[Cl-].[Zr+2].[Zr+2]. The fourth-order valence-corrected chi connectivity index (χ4v) is 22.4. The molecule has 0 heterocycles. The van der Waals surface area contributed by atoms with Gasteiger partial charge in [0.1, 0.15) is 0 Å². The molecular formula is C76H112Cl2P4Zr2-2. The molecule has 0 aliphatic rings. The van der Waals surface area contributed by atoms with Crippen molar-refractivity contribution in [3.63, 3.8) is 0 Å². The van der Waals surface area contributed by atoms with Crippen LogP contribution in [0.5, 0.6) is 0 Å². The molecule has 0 N–H and O–H groups in total. The normalized spacial score (nSPS) is 11.3. The molecule has 0 aliphatic heterocycles. The molecule has 0 unspecified atom stereocenters. The van der Waals surface area contributed by atoms with Gasteiger partial charge in [0.25, 0.3) is 0 Å². The van der Waals surface area contributed by atoms with Gasteiger partial charge in [0.2, 0.25) is 0 Å². The van der Waals surface area contributed by atoms with E-state index in [1.807, 2.05) is 0 Å². The summed E-state index contributed by atoms with van der Waals surface area (Å²) in [5.41, 5.74) is 0. The number of halogens is 2. The zero-order valence-electron chi connectivity index (χ0n) is 54.7. The van der Waals surface area contributed by atoms with E-state index in [1.165, 1.54) is 195 Å². The van der Waals surface area contributed by atoms with Crippen LogP contribution in [0, 0.1) is 23.7 Å². The van der Waals surface area contributed by atoms with Crippen LogP contribution in [0.15, 0.2) is 146 Å². The van der Waals surface area contributed by atoms with Crippen molar-refractivity contribution in [1.82, 2.24) is 0 Å². The van der Waals surface area contributed by atoms with Crippen LogP contribution in [0.4, 0.5) is 0 Å². The molecule has 8 rings (SSSR count). The zero-order valence-corrected chi connectivity index (χ0v) is 64.7. The minimum Gasteiger partial charge on any atom is -1.00 e. The summed E-state index contributed by atoms with van der Waals surface area (Å²) in [6.45, 7) is 28.0. The molecule has 0 amide bonds. The zero-order chi connectivity index (χ0) is 57.5. The number of hydrogen-bond acceptors (Lipinski definition) is 0. The van der Waals surface area contributed by atoms with Gasteiger partial charge in [-0.3, -0.25) is 0 Å². The molecule has 460 valence electrons. The molecule has 0 spiro atoms. The summed E-state index contributed by atoms with van der Waals surface area (Å²) < 4.78 is 0. The Morgan fingerprint density at radius 2 is 0.488 bits per heavy atom. The maximum Gasteiger partial charge on any atom is 2.00 e. The molecule has 0 aromatic heterocycles. The van der Waals surface area contributed by atoms with Crippen molar-refractivity contribution < 1.29 is 77.2 Å². The van der Waals surface area contributed by atoms with E-state index in [2.05, 4.69) is 229 Å². The average Bonchev–Trinajstić information content (AvgIpc) is 4.46. The topological polar surface area (TPSA) is 0 Å². The summed E-state index contributed by atoms with van der Waals surface area (Å²) in [6, 6.07) is 54.8. The molecule has 0 atom stereocenters. The van der Waals surface area contributed by atoms with Gasteiger partial charge in [0.15, 0.2) is 0 Å². The second-order valence-electron chi connectivity index (χ2n) is 25.0. The van der Waals surface area contributed by atoms with E-state index in [0.29, 0.717) is 0 Å². The second-order valence-corrected chi connectivity index (χ2v) is 34.6. The molecule has 0 nitrogen and oxygen atoms in total. The van der Waals surface area contributed by atoms with E-state index in [-0.39, 0.29) is 109 Å². The van der Waals surface area contributed by atoms with Crippen LogP contribution in [0.3, 0.4) is 0 Å². The Balaban J connectivity index is 0.000000553. The van der Waals surface area contributed by atoms with Gasteiger partial charge in [0, 0.05) is 0 Å². The minimum absolute atomic E-state index is 0. The Hall–Kier alpha value is -0.614. The maximum atomic E-state index is 2.47. The first-order valence-electron chi connectivity index (χ1n) is 32.4. The largest absolute Gasteiger partial charge is 2.00 e. The molecule has 0 aliphatic carbocycles. The van der Waals surface area contributed by atoms with Gasteiger partial charge in [-0.1, -0.05) is 216 Å². The fraction of sp³-hybridized carbons (Fsp3) is 0.526. The van der Waals surface area contributed by atoms with Crippen molar-refractivity contribution in [3.8, 4) is 0 Å². The first-order chi connectivity index (χ1) is 38.8. The smallest absolute Gasteiger partial charge is 1.00 e. The molecule has 0 bridgehead atoms. The molecule has 8 aromatic carbocycles. The summed E-state index contributed by atoms with van der Waals surface area (Å²) in [5, 5.41) is 17.9. The van der Waals surface area contributed by atoms with Crippen molar-refractivity contribution in [3.05, 3.63) is 146 Å². The Labute approximate surface area is 572 Å². The van der Waals surface area contributed by atoms with Gasteiger partial charge in [-0.15, -0.1) is 161 Å². The average molecular weight is 1400 g/mol. The Morgan fingerprint density at radius 1 is 0.286 bits per heavy atom. The van der Waals surface area contributed by atoms with Crippen LogP contribution in [-0.2, 0) is 52.4 Å². The third-order valence-corrected chi connectivity index (χ3v) is 27.4. The Bertz CT molecular complexity index is 2460. The molecule has 8 aromatic rings. The Kier molecular flexibility index (Phi) is 45.9. The van der Waals surface area contributed by atoms with Crippen molar-refractivity contribution in [2.24, 2.45) is 23.7 Å². The summed E-state index contributed by atoms with van der Waals surface area (Å²) in [7, 11) is 0.165. The van der Waals surface area contributed by atoms with Gasteiger partial charge in [-0.2, -0.15) is 24.3 Å². The third kappa shape index (κ3) is 30.5. The minimum atomic E-state index is 0. The molecule has 84 heavy (non-hydrogen) atoms. The second kappa shape index (κ2) is 47.3. The van der Waals surface area contributed by atoms with Crippen molar-refractivity contribution in [2.75, 3.05) is 49.3 Å². The summed E-state index contributed by atoms with van der Waals surface area (Å²) in [5.74, 6) is 3.20. The number of rotatable bonds is 32. The first kappa shape index (κ1) is 81.4. The third-order valence-electron chi connectivity index (χ3n) is 15.3. The predicted octanol–water partition coefficient (Wildman–Crippen LogP) is 17.6. The molecule has 0 saturated heterocycles. The van der Waals surface area contributed by atoms with Gasteiger partial charge >= 0.3 is 52.4 Å². The molecule has 8 heteroatoms. The van der Waals surface area contributed by atoms with Crippen LogP contribution in [0.2, 0.25) is 0 Å². The van der Waals surface area contributed by atoms with Gasteiger partial charge in [-0.05, 0) is 98.7 Å². The van der Waals surface area contributed by atoms with E-state index in [9.17, 15) is 0 Å². The van der Waals surface area contributed by atoms with Gasteiger partial charge < -0.3 is 24.8 Å². The van der Waals surface area contributed by atoms with Gasteiger partial charge in [0.05, 0.1) is 0 Å². The van der Waals surface area contributed by atoms with Crippen molar-refractivity contribution >= 4 is 96.0 Å². The van der Waals surface area contributed by atoms with Crippen LogP contribution < -0.4 is 46.0 Å². The van der Waals surface area contributed by atoms with Crippen LogP contribution in [0.25, 0.3) is 43.1 Å². The fourth-order valence-electron chi connectivity index (χ4n) is 11.3. The van der Waals surface area contributed by atoms with Gasteiger partial charge in [-0.25, -0.2) is 0 Å². The Morgan fingerprint density at radius 3 is 0.679 bits per heavy atom. The molecule has 0 fully saturated rings. The van der Waals surface area contributed by atoms with E-state index in [0.717, 1.165) is 23.7 Å². The van der Waals surface area contributed by atoms with E-state index in [4.69, 9.17) is 0 Å². The van der Waals surface area contributed by atoms with E-state index < -0.39 is 0 Å². The van der Waals surface area contributed by atoms with E-state index in [1.54, 1.807) is 21.2 Å². The molecular weight excluding hydrogens is 1290 g/mol. The monoisotopic (exact) mass is 1400 g/mol. The van der Waals surface area contributed by atoms with Crippen molar-refractivity contribution in [2.45, 2.75) is 186 Å². The maximum absolute atomic E-state index is 2.47. The molecule has 0 radical (unpaired) electrons. The molecule has 0 saturated carbocycles. The predicted molar refractivity (Wildman–Crippen MR) is 379 cm³/mol. The number of hydrogen-bond donors (Lipinski definition) is 0. The summed E-state index contributed by atoms with van der Waals surface area (Å²) >= 11 is 0. The van der Waals surface area contributed by atoms with Crippen LogP contribution in [-0.4, -0.2) is 49.3 Å².